The first-order valence-corrected chi connectivity index (χ1v) is 10.2. The third-order valence-electron chi connectivity index (χ3n) is 5.50. The van der Waals surface area contributed by atoms with E-state index in [2.05, 4.69) is 22.7 Å². The lowest BCUT2D eigenvalue weighted by Crippen LogP contribution is -2.07. The Morgan fingerprint density at radius 3 is 2.96 bits per heavy atom. The standard InChI is InChI=1S/C24H32O4/c1-3-4-5-12-20(25)17-16-18-9-6-13-21(18)22-14-7-10-19(24(22)27)11-8-15-23(26)28-2/h7,10,14,16-18,20-21,25,27H,5-6,8-9,11-13,15H2,1-2H3/b17-16+/t18-,20?,21+/m1/s1. The van der Waals surface area contributed by atoms with E-state index in [4.69, 9.17) is 0 Å². The molecule has 2 rings (SSSR count). The van der Waals surface area contributed by atoms with Crippen molar-refractivity contribution >= 4 is 5.97 Å². The maximum atomic E-state index is 11.3. The fraction of sp³-hybridized carbons (Fsp3) is 0.542. The second-order valence-corrected chi connectivity index (χ2v) is 7.40. The van der Waals surface area contributed by atoms with Crippen LogP contribution in [0.1, 0.15) is 68.9 Å². The Morgan fingerprint density at radius 1 is 1.39 bits per heavy atom. The largest absolute Gasteiger partial charge is 0.507 e. The average molecular weight is 385 g/mol. The normalized spacial score (nSPS) is 20.0. The Balaban J connectivity index is 2.03. The van der Waals surface area contributed by atoms with Gasteiger partial charge in [0, 0.05) is 12.8 Å². The maximum Gasteiger partial charge on any atom is 0.305 e. The van der Waals surface area contributed by atoms with Gasteiger partial charge in [-0.25, -0.2) is 0 Å². The quantitative estimate of drug-likeness (QED) is 0.374. The number of hydrogen-bond donors (Lipinski definition) is 2. The van der Waals surface area contributed by atoms with E-state index in [0.717, 1.165) is 30.4 Å². The zero-order chi connectivity index (χ0) is 20.4. The summed E-state index contributed by atoms with van der Waals surface area (Å²) in [6, 6.07) is 5.91. The van der Waals surface area contributed by atoms with Crippen molar-refractivity contribution in [3.05, 3.63) is 41.5 Å². The number of hydrogen-bond acceptors (Lipinski definition) is 4. The van der Waals surface area contributed by atoms with Gasteiger partial charge < -0.3 is 14.9 Å². The molecule has 152 valence electrons. The molecule has 1 fully saturated rings. The van der Waals surface area contributed by atoms with Gasteiger partial charge in [-0.05, 0) is 62.0 Å². The van der Waals surface area contributed by atoms with Crippen LogP contribution in [-0.4, -0.2) is 29.4 Å². The number of ether oxygens (including phenoxy) is 1. The molecule has 4 nitrogen and oxygen atoms in total. The first-order valence-electron chi connectivity index (χ1n) is 10.2. The number of aryl methyl sites for hydroxylation is 1. The number of para-hydroxylation sites is 1. The summed E-state index contributed by atoms with van der Waals surface area (Å²) in [6.45, 7) is 1.81. The number of allylic oxidation sites excluding steroid dienone is 1. The van der Waals surface area contributed by atoms with Crippen molar-refractivity contribution in [1.29, 1.82) is 0 Å². The molecule has 0 saturated heterocycles. The smallest absolute Gasteiger partial charge is 0.305 e. The number of methoxy groups -OCH3 is 1. The summed E-state index contributed by atoms with van der Waals surface area (Å²) in [6.07, 6.45) is 9.76. The molecule has 4 heteroatoms. The highest BCUT2D eigenvalue weighted by Crippen LogP contribution is 2.44. The second-order valence-electron chi connectivity index (χ2n) is 7.40. The van der Waals surface area contributed by atoms with Crippen molar-refractivity contribution in [1.82, 2.24) is 0 Å². The Hall–Kier alpha value is -2.25. The van der Waals surface area contributed by atoms with E-state index in [0.29, 0.717) is 43.8 Å². The number of carbonyl (C=O) groups excluding carboxylic acids is 1. The molecule has 0 amide bonds. The molecule has 1 aromatic rings. The van der Waals surface area contributed by atoms with Crippen molar-refractivity contribution in [2.45, 2.75) is 70.3 Å². The van der Waals surface area contributed by atoms with E-state index < -0.39 is 6.10 Å². The number of esters is 1. The summed E-state index contributed by atoms with van der Waals surface area (Å²) >= 11 is 0. The molecule has 28 heavy (non-hydrogen) atoms. The van der Waals surface area contributed by atoms with Gasteiger partial charge in [0.15, 0.2) is 0 Å². The number of phenolic OH excluding ortho intramolecular Hbond substituents is 1. The number of aliphatic hydroxyl groups excluding tert-OH is 1. The highest BCUT2D eigenvalue weighted by molar-refractivity contribution is 5.69. The van der Waals surface area contributed by atoms with Gasteiger partial charge in [0.1, 0.15) is 5.75 Å². The summed E-state index contributed by atoms with van der Waals surface area (Å²) in [4.78, 5) is 11.3. The van der Waals surface area contributed by atoms with E-state index in [9.17, 15) is 15.0 Å². The van der Waals surface area contributed by atoms with Crippen molar-refractivity contribution in [2.75, 3.05) is 7.11 Å². The van der Waals surface area contributed by atoms with Gasteiger partial charge in [-0.2, -0.15) is 0 Å². The fourth-order valence-corrected chi connectivity index (χ4v) is 3.95. The minimum absolute atomic E-state index is 0.222. The third kappa shape index (κ3) is 6.42. The van der Waals surface area contributed by atoms with Gasteiger partial charge in [-0.1, -0.05) is 36.8 Å². The highest BCUT2D eigenvalue weighted by atomic mass is 16.5. The summed E-state index contributed by atoms with van der Waals surface area (Å²) < 4.78 is 4.68. The van der Waals surface area contributed by atoms with Crippen LogP contribution in [0.2, 0.25) is 0 Å². The summed E-state index contributed by atoms with van der Waals surface area (Å²) in [7, 11) is 1.39. The zero-order valence-corrected chi connectivity index (χ0v) is 17.0. The molecule has 0 aliphatic heterocycles. The monoisotopic (exact) mass is 384 g/mol. The second kappa shape index (κ2) is 11.6. The number of aliphatic hydroxyl groups is 1. The molecule has 2 N–H and O–H groups in total. The molecule has 0 heterocycles. The van der Waals surface area contributed by atoms with Gasteiger partial charge >= 0.3 is 5.97 Å². The van der Waals surface area contributed by atoms with E-state index in [1.54, 1.807) is 6.92 Å². The van der Waals surface area contributed by atoms with E-state index in [-0.39, 0.29) is 11.9 Å². The molecule has 1 aromatic carbocycles. The maximum absolute atomic E-state index is 11.3. The zero-order valence-electron chi connectivity index (χ0n) is 17.0. The van der Waals surface area contributed by atoms with Gasteiger partial charge in [0.05, 0.1) is 13.2 Å². The Labute approximate surface area is 168 Å². The molecule has 1 unspecified atom stereocenters. The third-order valence-corrected chi connectivity index (χ3v) is 5.50. The molecule has 0 aromatic heterocycles. The Kier molecular flexibility index (Phi) is 9.10. The van der Waals surface area contributed by atoms with Crippen molar-refractivity contribution in [2.24, 2.45) is 5.92 Å². The SMILES string of the molecule is CC#CCCC(O)/C=C/[C@H]1CCC[C@@H]1c1cccc(CCCC(=O)OC)c1O. The topological polar surface area (TPSA) is 66.8 Å². The lowest BCUT2D eigenvalue weighted by Gasteiger charge is -2.20. The molecule has 0 bridgehead atoms. The van der Waals surface area contributed by atoms with E-state index in [1.807, 2.05) is 24.3 Å². The van der Waals surface area contributed by atoms with Crippen molar-refractivity contribution in [3.8, 4) is 17.6 Å². The van der Waals surface area contributed by atoms with Crippen molar-refractivity contribution < 1.29 is 19.7 Å². The number of benzene rings is 1. The Morgan fingerprint density at radius 2 is 2.21 bits per heavy atom. The highest BCUT2D eigenvalue weighted by Gasteiger charge is 2.29. The molecular weight excluding hydrogens is 352 g/mol. The van der Waals surface area contributed by atoms with Gasteiger partial charge in [0.2, 0.25) is 0 Å². The van der Waals surface area contributed by atoms with Gasteiger partial charge in [-0.3, -0.25) is 4.79 Å². The van der Waals surface area contributed by atoms with E-state index in [1.165, 1.54) is 7.11 Å². The molecule has 1 aliphatic rings. The number of phenols is 1. The summed E-state index contributed by atoms with van der Waals surface area (Å²) in [5.74, 6) is 6.54. The summed E-state index contributed by atoms with van der Waals surface area (Å²) in [5.41, 5.74) is 1.86. The predicted octanol–water partition coefficient (Wildman–Crippen LogP) is 4.49. The molecule has 3 atom stereocenters. The molecular formula is C24H32O4. The number of aromatic hydroxyl groups is 1. The molecule has 1 saturated carbocycles. The predicted molar refractivity (Wildman–Crippen MR) is 111 cm³/mol. The van der Waals surface area contributed by atoms with Crippen LogP contribution in [0.3, 0.4) is 0 Å². The van der Waals surface area contributed by atoms with E-state index >= 15 is 0 Å². The van der Waals surface area contributed by atoms with Crippen LogP contribution in [0.4, 0.5) is 0 Å². The fourth-order valence-electron chi connectivity index (χ4n) is 3.95. The van der Waals surface area contributed by atoms with Gasteiger partial charge in [-0.15, -0.1) is 11.8 Å². The summed E-state index contributed by atoms with van der Waals surface area (Å²) in [5, 5.41) is 20.9. The van der Waals surface area contributed by atoms with Crippen LogP contribution in [-0.2, 0) is 16.0 Å². The lowest BCUT2D eigenvalue weighted by molar-refractivity contribution is -0.140. The molecule has 0 spiro atoms. The first kappa shape index (κ1) is 22.0. The number of rotatable bonds is 9. The molecule has 0 radical (unpaired) electrons. The lowest BCUT2D eigenvalue weighted by atomic mass is 9.86. The average Bonchev–Trinajstić information content (AvgIpc) is 3.16. The first-order chi connectivity index (χ1) is 13.6. The van der Waals surface area contributed by atoms with Crippen LogP contribution in [0.5, 0.6) is 5.75 Å². The minimum Gasteiger partial charge on any atom is -0.507 e. The number of carbonyl (C=O) groups is 1. The van der Waals surface area contributed by atoms with Gasteiger partial charge in [0.25, 0.3) is 0 Å². The van der Waals surface area contributed by atoms with Crippen LogP contribution >= 0.6 is 0 Å². The van der Waals surface area contributed by atoms with Crippen LogP contribution in [0, 0.1) is 17.8 Å². The van der Waals surface area contributed by atoms with Crippen LogP contribution in [0.15, 0.2) is 30.4 Å². The minimum atomic E-state index is -0.472. The van der Waals surface area contributed by atoms with Crippen LogP contribution < -0.4 is 0 Å². The molecule has 1 aliphatic carbocycles. The van der Waals surface area contributed by atoms with Crippen LogP contribution in [0.25, 0.3) is 0 Å². The van der Waals surface area contributed by atoms with Crippen molar-refractivity contribution in [3.63, 3.8) is 0 Å². The Bertz CT molecular complexity index is 726.